The minimum Gasteiger partial charge on any atom is -0.264 e. The van der Waals surface area contributed by atoms with Crippen molar-refractivity contribution in [3.05, 3.63) is 78.1 Å². The maximum absolute atomic E-state index is 12.9. The molecule has 2 aromatic carbocycles. The highest BCUT2D eigenvalue weighted by atomic mass is 32.2. The molecular formula is C22H21N5O3S. The number of aromatic nitrogens is 4. The molecule has 0 fully saturated rings. The van der Waals surface area contributed by atoms with E-state index in [-0.39, 0.29) is 16.6 Å². The molecule has 0 bridgehead atoms. The van der Waals surface area contributed by atoms with Crippen LogP contribution >= 0.6 is 0 Å². The van der Waals surface area contributed by atoms with Gasteiger partial charge in [-0.3, -0.25) is 9.78 Å². The second-order valence-electron chi connectivity index (χ2n) is 7.40. The lowest BCUT2D eigenvalue weighted by Crippen LogP contribution is -2.31. The molecule has 0 aliphatic heterocycles. The summed E-state index contributed by atoms with van der Waals surface area (Å²) in [4.78, 5) is 20.9. The van der Waals surface area contributed by atoms with Crippen molar-refractivity contribution in [3.63, 3.8) is 0 Å². The second kappa shape index (κ2) is 7.92. The molecule has 0 spiro atoms. The summed E-state index contributed by atoms with van der Waals surface area (Å²) in [5, 5.41) is 5.41. The van der Waals surface area contributed by atoms with Gasteiger partial charge in [0, 0.05) is 23.2 Å². The Hall–Kier alpha value is -3.59. The Morgan fingerprint density at radius 1 is 1.06 bits per heavy atom. The van der Waals surface area contributed by atoms with Gasteiger partial charge in [-0.1, -0.05) is 44.2 Å². The average molecular weight is 436 g/mol. The summed E-state index contributed by atoms with van der Waals surface area (Å²) in [6.45, 7) is 5.84. The van der Waals surface area contributed by atoms with Gasteiger partial charge < -0.3 is 0 Å². The molecule has 0 saturated heterocycles. The smallest absolute Gasteiger partial charge is 0.264 e. The minimum atomic E-state index is -4.14. The van der Waals surface area contributed by atoms with Crippen molar-refractivity contribution in [1.82, 2.24) is 24.5 Å². The molecule has 4 rings (SSSR count). The summed E-state index contributed by atoms with van der Waals surface area (Å²) >= 11 is 0. The van der Waals surface area contributed by atoms with Gasteiger partial charge in [-0.2, -0.15) is 0 Å². The quantitative estimate of drug-likeness (QED) is 0.515. The first-order valence-electron chi connectivity index (χ1n) is 9.71. The van der Waals surface area contributed by atoms with Crippen molar-refractivity contribution >= 4 is 26.7 Å². The Balaban J connectivity index is 1.68. The summed E-state index contributed by atoms with van der Waals surface area (Å²) in [6, 6.07) is 14.1. The molecular weight excluding hydrogens is 414 g/mol. The van der Waals surface area contributed by atoms with Crippen LogP contribution in [0.25, 0.3) is 16.5 Å². The third-order valence-corrected chi connectivity index (χ3v) is 6.31. The molecule has 2 heterocycles. The predicted octanol–water partition coefficient (Wildman–Crippen LogP) is 3.37. The Labute approximate surface area is 180 Å². The topological polar surface area (TPSA) is 107 Å². The van der Waals surface area contributed by atoms with Crippen LogP contribution in [0, 0.1) is 6.92 Å². The van der Waals surface area contributed by atoms with Crippen molar-refractivity contribution in [2.45, 2.75) is 31.6 Å². The SMILES string of the molecule is Cc1nc(C(=O)NS(=O)(=O)c2cccc3cnccc23)nn1-c1ccccc1C(C)C. The van der Waals surface area contributed by atoms with E-state index in [1.54, 1.807) is 36.0 Å². The number of amides is 1. The fourth-order valence-corrected chi connectivity index (χ4v) is 4.61. The Morgan fingerprint density at radius 3 is 2.61 bits per heavy atom. The van der Waals surface area contributed by atoms with Crippen LogP contribution in [0.15, 0.2) is 65.8 Å². The summed E-state index contributed by atoms with van der Waals surface area (Å²) in [5.74, 6) is -0.401. The molecule has 1 N–H and O–H groups in total. The van der Waals surface area contributed by atoms with Crippen molar-refractivity contribution in [2.24, 2.45) is 0 Å². The van der Waals surface area contributed by atoms with E-state index in [0.717, 1.165) is 11.3 Å². The summed E-state index contributed by atoms with van der Waals surface area (Å²) in [5.41, 5.74) is 1.84. The van der Waals surface area contributed by atoms with Crippen LogP contribution in [0.4, 0.5) is 0 Å². The number of benzene rings is 2. The highest BCUT2D eigenvalue weighted by molar-refractivity contribution is 7.90. The van der Waals surface area contributed by atoms with E-state index in [2.05, 4.69) is 33.6 Å². The van der Waals surface area contributed by atoms with Crippen LogP contribution in [0.2, 0.25) is 0 Å². The van der Waals surface area contributed by atoms with Gasteiger partial charge >= 0.3 is 5.91 Å². The Morgan fingerprint density at radius 2 is 1.84 bits per heavy atom. The first-order chi connectivity index (χ1) is 14.8. The fraction of sp³-hybridized carbons (Fsp3) is 0.182. The number of sulfonamides is 1. The molecule has 0 aliphatic rings. The van der Waals surface area contributed by atoms with Crippen molar-refractivity contribution in [2.75, 3.05) is 0 Å². The van der Waals surface area contributed by atoms with Crippen LogP contribution in [0.1, 0.15) is 41.8 Å². The minimum absolute atomic E-state index is 0.0120. The number of carbonyl (C=O) groups is 1. The molecule has 158 valence electrons. The highest BCUT2D eigenvalue weighted by Crippen LogP contribution is 2.24. The zero-order valence-electron chi connectivity index (χ0n) is 17.3. The zero-order chi connectivity index (χ0) is 22.2. The van der Waals surface area contributed by atoms with Gasteiger partial charge in [-0.15, -0.1) is 5.10 Å². The van der Waals surface area contributed by atoms with Gasteiger partial charge in [-0.25, -0.2) is 22.8 Å². The number of pyridine rings is 1. The van der Waals surface area contributed by atoms with Crippen LogP contribution in [0.3, 0.4) is 0 Å². The average Bonchev–Trinajstić information content (AvgIpc) is 3.14. The van der Waals surface area contributed by atoms with Gasteiger partial charge in [0.1, 0.15) is 5.82 Å². The predicted molar refractivity (Wildman–Crippen MR) is 117 cm³/mol. The standard InChI is InChI=1S/C22H21N5O3S/c1-14(2)17-8-4-5-9-19(17)27-15(3)24-21(25-27)22(28)26-31(29,30)20-10-6-7-16-13-23-12-11-18(16)20/h4-14H,1-3H3,(H,26,28). The summed E-state index contributed by atoms with van der Waals surface area (Å²) in [6.07, 6.45) is 3.07. The van der Waals surface area contributed by atoms with Gasteiger partial charge in [0.05, 0.1) is 10.6 Å². The number of para-hydroxylation sites is 1. The molecule has 0 atom stereocenters. The fourth-order valence-electron chi connectivity index (χ4n) is 3.43. The molecule has 2 aromatic heterocycles. The molecule has 31 heavy (non-hydrogen) atoms. The molecule has 0 radical (unpaired) electrons. The van der Waals surface area contributed by atoms with Gasteiger partial charge in [0.15, 0.2) is 0 Å². The lowest BCUT2D eigenvalue weighted by atomic mass is 10.0. The first kappa shape index (κ1) is 20.7. The van der Waals surface area contributed by atoms with E-state index in [9.17, 15) is 13.2 Å². The van der Waals surface area contributed by atoms with E-state index in [4.69, 9.17) is 0 Å². The second-order valence-corrected chi connectivity index (χ2v) is 9.05. The highest BCUT2D eigenvalue weighted by Gasteiger charge is 2.24. The number of carbonyl (C=O) groups excluding carboxylic acids is 1. The van der Waals surface area contributed by atoms with E-state index in [1.807, 2.05) is 24.3 Å². The van der Waals surface area contributed by atoms with E-state index in [0.29, 0.717) is 16.6 Å². The summed E-state index contributed by atoms with van der Waals surface area (Å²) in [7, 11) is -4.14. The lowest BCUT2D eigenvalue weighted by Gasteiger charge is -2.12. The number of fused-ring (bicyclic) bond motifs is 1. The Kier molecular flexibility index (Phi) is 5.28. The normalized spacial score (nSPS) is 11.7. The molecule has 9 heteroatoms. The molecule has 8 nitrogen and oxygen atoms in total. The molecule has 4 aromatic rings. The number of aryl methyl sites for hydroxylation is 1. The molecule has 1 amide bonds. The van der Waals surface area contributed by atoms with Crippen molar-refractivity contribution in [3.8, 4) is 5.69 Å². The zero-order valence-corrected chi connectivity index (χ0v) is 18.1. The molecule has 0 aliphatic carbocycles. The van der Waals surface area contributed by atoms with E-state index >= 15 is 0 Å². The number of nitrogens with zero attached hydrogens (tertiary/aromatic N) is 4. The van der Waals surface area contributed by atoms with Gasteiger partial charge in [0.25, 0.3) is 10.0 Å². The molecule has 0 unspecified atom stereocenters. The van der Waals surface area contributed by atoms with Crippen LogP contribution < -0.4 is 4.72 Å². The van der Waals surface area contributed by atoms with Crippen LogP contribution in [-0.4, -0.2) is 34.1 Å². The maximum Gasteiger partial charge on any atom is 0.304 e. The molecule has 0 saturated carbocycles. The maximum atomic E-state index is 12.9. The van der Waals surface area contributed by atoms with Crippen molar-refractivity contribution < 1.29 is 13.2 Å². The van der Waals surface area contributed by atoms with Crippen LogP contribution in [-0.2, 0) is 10.0 Å². The first-order valence-corrected chi connectivity index (χ1v) is 11.2. The number of rotatable bonds is 5. The monoisotopic (exact) mass is 435 g/mol. The van der Waals surface area contributed by atoms with E-state index in [1.165, 1.54) is 12.3 Å². The van der Waals surface area contributed by atoms with Crippen molar-refractivity contribution in [1.29, 1.82) is 0 Å². The van der Waals surface area contributed by atoms with Gasteiger partial charge in [0.2, 0.25) is 5.82 Å². The van der Waals surface area contributed by atoms with E-state index < -0.39 is 15.9 Å². The number of hydrogen-bond donors (Lipinski definition) is 1. The van der Waals surface area contributed by atoms with Crippen LogP contribution in [0.5, 0.6) is 0 Å². The third kappa shape index (κ3) is 3.91. The van der Waals surface area contributed by atoms with Gasteiger partial charge in [-0.05, 0) is 36.6 Å². The largest absolute Gasteiger partial charge is 0.304 e. The lowest BCUT2D eigenvalue weighted by molar-refractivity contribution is 0.0971. The number of nitrogens with one attached hydrogen (secondary N) is 1. The summed E-state index contributed by atoms with van der Waals surface area (Å²) < 4.78 is 29.5. The number of hydrogen-bond acceptors (Lipinski definition) is 6. The Bertz CT molecular complexity index is 1390. The third-order valence-electron chi connectivity index (χ3n) is 4.92.